The van der Waals surface area contributed by atoms with Crippen molar-refractivity contribution in [2.75, 3.05) is 4.90 Å². The van der Waals surface area contributed by atoms with Gasteiger partial charge in [-0.15, -0.1) is 23.2 Å². The van der Waals surface area contributed by atoms with Crippen LogP contribution < -0.4 is 4.90 Å². The normalized spacial score (nSPS) is 38.8. The maximum atomic E-state index is 13.2. The van der Waals surface area contributed by atoms with E-state index >= 15 is 0 Å². The summed E-state index contributed by atoms with van der Waals surface area (Å²) < 4.78 is 11.2. The number of halogens is 7. The molecule has 0 radical (unpaired) electrons. The largest absolute Gasteiger partial charge is 0.274 e. The van der Waals surface area contributed by atoms with Gasteiger partial charge in [0.25, 0.3) is 0 Å². The predicted octanol–water partition coefficient (Wildman–Crippen LogP) is 4.78. The number of hydrogen-bond acceptors (Lipinski definition) is 2. The van der Waals surface area contributed by atoms with Crippen LogP contribution in [0.3, 0.4) is 0 Å². The first-order valence-corrected chi connectivity index (χ1v) is 9.23. The Kier molecular flexibility index (Phi) is 3.76. The summed E-state index contributed by atoms with van der Waals surface area (Å²) in [4.78, 5) is 23.2. The van der Waals surface area contributed by atoms with Gasteiger partial charge in [0.15, 0.2) is 4.33 Å². The summed E-state index contributed by atoms with van der Waals surface area (Å²) in [6.07, 6.45) is 0. The van der Waals surface area contributed by atoms with Crippen molar-refractivity contribution >= 4 is 87.1 Å². The summed E-state index contributed by atoms with van der Waals surface area (Å²) >= 11 is 38.3. The van der Waals surface area contributed by atoms with Crippen molar-refractivity contribution in [1.29, 1.82) is 0 Å². The Bertz CT molecular complexity index is 825. The highest BCUT2D eigenvalue weighted by Crippen LogP contribution is 2.77. The summed E-state index contributed by atoms with van der Waals surface area (Å²) in [5.74, 6) is -4.26. The van der Waals surface area contributed by atoms with Crippen molar-refractivity contribution in [2.45, 2.75) is 14.1 Å². The molecule has 0 aromatic heterocycles. The van der Waals surface area contributed by atoms with Gasteiger partial charge in [0.2, 0.25) is 11.8 Å². The minimum atomic E-state index is -1.97. The molecule has 1 heterocycles. The molecule has 1 saturated heterocycles. The Hall–Kier alpha value is -0.230. The van der Waals surface area contributed by atoms with Crippen LogP contribution in [0.15, 0.2) is 34.3 Å². The molecule has 2 bridgehead atoms. The molecule has 4 rings (SSSR count). The average Bonchev–Trinajstić information content (AvgIpc) is 2.94. The van der Waals surface area contributed by atoms with Gasteiger partial charge in [0.05, 0.1) is 27.6 Å². The maximum Gasteiger partial charge on any atom is 0.240 e. The molecule has 25 heavy (non-hydrogen) atoms. The summed E-state index contributed by atoms with van der Waals surface area (Å²) in [7, 11) is 0. The Morgan fingerprint density at radius 3 is 1.64 bits per heavy atom. The first-order valence-electron chi connectivity index (χ1n) is 6.96. The van der Waals surface area contributed by atoms with Crippen LogP contribution in [0.1, 0.15) is 0 Å². The zero-order valence-electron chi connectivity index (χ0n) is 11.9. The van der Waals surface area contributed by atoms with Crippen LogP contribution in [0.4, 0.5) is 10.1 Å². The highest BCUT2D eigenvalue weighted by atomic mass is 35.5. The number of allylic oxidation sites excluding steroid dienone is 2. The fraction of sp³-hybridized carbons (Fsp3) is 0.333. The van der Waals surface area contributed by atoms with Crippen molar-refractivity contribution in [3.8, 4) is 0 Å². The van der Waals surface area contributed by atoms with Crippen molar-refractivity contribution in [3.63, 3.8) is 0 Å². The molecule has 2 fully saturated rings. The molecule has 1 saturated carbocycles. The van der Waals surface area contributed by atoms with Gasteiger partial charge in [-0.3, -0.25) is 9.59 Å². The van der Waals surface area contributed by atoms with Gasteiger partial charge in [-0.2, -0.15) is 0 Å². The lowest BCUT2D eigenvalue weighted by Gasteiger charge is -2.34. The van der Waals surface area contributed by atoms with Crippen LogP contribution in [-0.4, -0.2) is 25.9 Å². The second kappa shape index (κ2) is 5.18. The van der Waals surface area contributed by atoms with Gasteiger partial charge in [0.1, 0.15) is 15.6 Å². The van der Waals surface area contributed by atoms with Gasteiger partial charge < -0.3 is 0 Å². The van der Waals surface area contributed by atoms with E-state index in [1.54, 1.807) is 0 Å². The number of rotatable bonds is 1. The fourth-order valence-corrected chi connectivity index (χ4v) is 6.77. The monoisotopic (exact) mass is 461 g/mol. The first-order chi connectivity index (χ1) is 11.5. The van der Waals surface area contributed by atoms with Crippen LogP contribution >= 0.6 is 69.6 Å². The molecule has 3 nitrogen and oxygen atoms in total. The third kappa shape index (κ3) is 1.77. The molecule has 132 valence electrons. The molecule has 2 aliphatic carbocycles. The first kappa shape index (κ1) is 18.1. The fourth-order valence-electron chi connectivity index (χ4n) is 3.84. The van der Waals surface area contributed by atoms with Gasteiger partial charge >= 0.3 is 0 Å². The van der Waals surface area contributed by atoms with E-state index in [-0.39, 0.29) is 15.8 Å². The van der Waals surface area contributed by atoms with Crippen LogP contribution in [0.2, 0.25) is 0 Å². The molecule has 1 aromatic rings. The topological polar surface area (TPSA) is 37.4 Å². The number of nitrogens with zero attached hydrogens (tertiary/aromatic N) is 1. The minimum Gasteiger partial charge on any atom is -0.274 e. The van der Waals surface area contributed by atoms with E-state index in [0.717, 1.165) is 17.0 Å². The van der Waals surface area contributed by atoms with E-state index in [4.69, 9.17) is 69.6 Å². The molecule has 4 atom stereocenters. The zero-order valence-corrected chi connectivity index (χ0v) is 16.4. The van der Waals surface area contributed by atoms with Gasteiger partial charge in [-0.25, -0.2) is 9.29 Å². The second-order valence-corrected chi connectivity index (χ2v) is 9.35. The smallest absolute Gasteiger partial charge is 0.240 e. The Morgan fingerprint density at radius 1 is 0.840 bits per heavy atom. The highest BCUT2D eigenvalue weighted by molar-refractivity contribution is 6.67. The SMILES string of the molecule is O=C1[C@@H]2[C@H](C(=O)N1c1ccc(F)cc1)[C@@]1(Cl)C(Cl)=C(Cl)[C@@]2(Cl)C1(Cl)Cl. The molecule has 0 N–H and O–H groups in total. The number of anilines is 1. The summed E-state index contributed by atoms with van der Waals surface area (Å²) in [6, 6.07) is 4.83. The standard InChI is InChI=1S/C15H6Cl6FNO2/c16-9-10(17)14(19)8-7(13(9,18)15(14,20)21)11(24)23(12(8)25)6-3-1-5(22)2-4-6/h1-4,7-8H/t7-,8+,13-,14-/m1/s1. The van der Waals surface area contributed by atoms with Crippen LogP contribution in [-0.2, 0) is 9.59 Å². The van der Waals surface area contributed by atoms with Gasteiger partial charge in [0, 0.05) is 0 Å². The number of imide groups is 1. The summed E-state index contributed by atoms with van der Waals surface area (Å²) in [6.45, 7) is 0. The van der Waals surface area contributed by atoms with E-state index in [2.05, 4.69) is 0 Å². The van der Waals surface area contributed by atoms with Crippen LogP contribution in [0, 0.1) is 17.7 Å². The van der Waals surface area contributed by atoms with Gasteiger partial charge in [-0.1, -0.05) is 46.4 Å². The maximum absolute atomic E-state index is 13.2. The third-order valence-corrected chi connectivity index (χ3v) is 9.25. The number of hydrogen-bond donors (Lipinski definition) is 0. The van der Waals surface area contributed by atoms with Gasteiger partial charge in [-0.05, 0) is 24.3 Å². The van der Waals surface area contributed by atoms with E-state index in [9.17, 15) is 14.0 Å². The molecular formula is C15H6Cl6FNO2. The third-order valence-electron chi connectivity index (χ3n) is 4.99. The van der Waals surface area contributed by atoms with E-state index < -0.39 is 43.5 Å². The van der Waals surface area contributed by atoms with Crippen molar-refractivity contribution in [3.05, 3.63) is 40.1 Å². The molecule has 10 heteroatoms. The molecule has 3 aliphatic rings. The number of carbonyl (C=O) groups is 2. The number of carbonyl (C=O) groups excluding carboxylic acids is 2. The summed E-state index contributed by atoms with van der Waals surface area (Å²) in [5, 5.41) is -0.307. The van der Waals surface area contributed by atoms with Crippen LogP contribution in [0.5, 0.6) is 0 Å². The number of fused-ring (bicyclic) bond motifs is 5. The molecule has 0 unspecified atom stereocenters. The lowest BCUT2D eigenvalue weighted by Crippen LogP contribution is -2.50. The number of alkyl halides is 4. The van der Waals surface area contributed by atoms with E-state index in [1.807, 2.05) is 0 Å². The van der Waals surface area contributed by atoms with Crippen molar-refractivity contribution in [2.24, 2.45) is 11.8 Å². The lowest BCUT2D eigenvalue weighted by atomic mass is 9.84. The van der Waals surface area contributed by atoms with Crippen molar-refractivity contribution < 1.29 is 14.0 Å². The van der Waals surface area contributed by atoms with Crippen molar-refractivity contribution in [1.82, 2.24) is 0 Å². The Balaban J connectivity index is 1.90. The quantitative estimate of drug-likeness (QED) is 0.444. The molecule has 1 aliphatic heterocycles. The number of benzene rings is 1. The molecular weight excluding hydrogens is 458 g/mol. The van der Waals surface area contributed by atoms with E-state index in [1.165, 1.54) is 12.1 Å². The van der Waals surface area contributed by atoms with E-state index in [0.29, 0.717) is 0 Å². The Labute approximate surface area is 171 Å². The average molecular weight is 464 g/mol. The lowest BCUT2D eigenvalue weighted by molar-refractivity contribution is -0.123. The predicted molar refractivity (Wildman–Crippen MR) is 96.2 cm³/mol. The zero-order chi connectivity index (χ0) is 18.5. The molecule has 1 aromatic carbocycles. The molecule has 0 spiro atoms. The molecule has 2 amide bonds. The highest BCUT2D eigenvalue weighted by Gasteiger charge is 2.87. The Morgan fingerprint density at radius 2 is 1.24 bits per heavy atom. The second-order valence-electron chi connectivity index (χ2n) is 6.07. The minimum absolute atomic E-state index is 0.154. The number of amides is 2. The van der Waals surface area contributed by atoms with Crippen LogP contribution in [0.25, 0.3) is 0 Å². The summed E-state index contributed by atoms with van der Waals surface area (Å²) in [5.41, 5.74) is 0.174.